The van der Waals surface area contributed by atoms with Crippen molar-refractivity contribution in [3.8, 4) is 0 Å². The van der Waals surface area contributed by atoms with Gasteiger partial charge >= 0.3 is 0 Å². The lowest BCUT2D eigenvalue weighted by atomic mass is 9.94. The number of allylic oxidation sites excluding steroid dienone is 2. The van der Waals surface area contributed by atoms with Gasteiger partial charge in [-0.3, -0.25) is 4.79 Å². The van der Waals surface area contributed by atoms with E-state index in [1.165, 1.54) is 0 Å². The van der Waals surface area contributed by atoms with Crippen molar-refractivity contribution in [2.24, 2.45) is 5.92 Å². The minimum atomic E-state index is -0.0368. The van der Waals surface area contributed by atoms with E-state index in [9.17, 15) is 4.79 Å². The molecule has 1 amide bonds. The molecule has 0 saturated heterocycles. The zero-order chi connectivity index (χ0) is 13.0. The SMILES string of the molecule is Nc1ccc(C(=O)NCC2CC=CCC2)cc1Br. The van der Waals surface area contributed by atoms with E-state index < -0.39 is 0 Å². The number of benzene rings is 1. The molecule has 1 aromatic rings. The first kappa shape index (κ1) is 13.1. The van der Waals surface area contributed by atoms with E-state index >= 15 is 0 Å². The minimum Gasteiger partial charge on any atom is -0.398 e. The number of amides is 1. The van der Waals surface area contributed by atoms with Gasteiger partial charge in [-0.1, -0.05) is 12.2 Å². The Labute approximate surface area is 116 Å². The second-order valence-corrected chi connectivity index (χ2v) is 5.45. The molecule has 1 unspecified atom stereocenters. The summed E-state index contributed by atoms with van der Waals surface area (Å²) in [6.45, 7) is 0.741. The van der Waals surface area contributed by atoms with Crippen molar-refractivity contribution in [2.75, 3.05) is 12.3 Å². The predicted octanol–water partition coefficient (Wildman–Crippen LogP) is 3.12. The molecule has 3 nitrogen and oxygen atoms in total. The third-order valence-corrected chi connectivity index (χ3v) is 3.88. The number of carbonyl (C=O) groups is 1. The molecule has 0 fully saturated rings. The third kappa shape index (κ3) is 3.35. The molecule has 0 bridgehead atoms. The summed E-state index contributed by atoms with van der Waals surface area (Å²) in [6, 6.07) is 5.24. The summed E-state index contributed by atoms with van der Waals surface area (Å²) < 4.78 is 0.760. The molecule has 0 radical (unpaired) electrons. The van der Waals surface area contributed by atoms with Crippen LogP contribution in [0.25, 0.3) is 0 Å². The highest BCUT2D eigenvalue weighted by Gasteiger charge is 2.12. The smallest absolute Gasteiger partial charge is 0.251 e. The summed E-state index contributed by atoms with van der Waals surface area (Å²) >= 11 is 3.33. The second-order valence-electron chi connectivity index (χ2n) is 4.60. The maximum atomic E-state index is 12.0. The summed E-state index contributed by atoms with van der Waals surface area (Å²) in [7, 11) is 0. The van der Waals surface area contributed by atoms with Crippen LogP contribution in [-0.4, -0.2) is 12.5 Å². The number of nitrogen functional groups attached to an aromatic ring is 1. The summed E-state index contributed by atoms with van der Waals surface area (Å²) in [5.74, 6) is 0.529. The number of nitrogens with one attached hydrogen (secondary N) is 1. The first-order valence-electron chi connectivity index (χ1n) is 6.15. The summed E-state index contributed by atoms with van der Waals surface area (Å²) in [5, 5.41) is 2.98. The molecule has 2 rings (SSSR count). The van der Waals surface area contributed by atoms with Gasteiger partial charge in [0.2, 0.25) is 0 Å². The standard InChI is InChI=1S/C14H17BrN2O/c15-12-8-11(6-7-13(12)16)14(18)17-9-10-4-2-1-3-5-10/h1-2,6-8,10H,3-5,9,16H2,(H,17,18). The normalized spacial score (nSPS) is 18.6. The number of anilines is 1. The number of halogens is 1. The van der Waals surface area contributed by atoms with Crippen LogP contribution < -0.4 is 11.1 Å². The van der Waals surface area contributed by atoms with Gasteiger partial charge in [0, 0.05) is 22.3 Å². The van der Waals surface area contributed by atoms with E-state index in [1.54, 1.807) is 18.2 Å². The molecule has 1 aliphatic rings. The highest BCUT2D eigenvalue weighted by atomic mass is 79.9. The van der Waals surface area contributed by atoms with E-state index in [0.717, 1.165) is 30.3 Å². The fourth-order valence-electron chi connectivity index (χ4n) is 2.05. The molecule has 0 spiro atoms. The lowest BCUT2D eigenvalue weighted by Gasteiger charge is -2.18. The van der Waals surface area contributed by atoms with Crippen LogP contribution in [0.15, 0.2) is 34.8 Å². The van der Waals surface area contributed by atoms with E-state index in [4.69, 9.17) is 5.73 Å². The monoisotopic (exact) mass is 308 g/mol. The maximum absolute atomic E-state index is 12.0. The Morgan fingerprint density at radius 2 is 2.28 bits per heavy atom. The Bertz CT molecular complexity index is 471. The number of carbonyl (C=O) groups excluding carboxylic acids is 1. The lowest BCUT2D eigenvalue weighted by Crippen LogP contribution is -2.29. The van der Waals surface area contributed by atoms with Gasteiger partial charge in [-0.15, -0.1) is 0 Å². The Morgan fingerprint density at radius 3 is 2.94 bits per heavy atom. The number of rotatable bonds is 3. The van der Waals surface area contributed by atoms with Crippen LogP contribution in [0.2, 0.25) is 0 Å². The van der Waals surface area contributed by atoms with Gasteiger partial charge in [0.05, 0.1) is 0 Å². The Hall–Kier alpha value is -1.29. The van der Waals surface area contributed by atoms with Gasteiger partial charge in [-0.05, 0) is 59.3 Å². The predicted molar refractivity (Wildman–Crippen MR) is 77.4 cm³/mol. The Balaban J connectivity index is 1.91. The van der Waals surface area contributed by atoms with Crippen LogP contribution in [0.5, 0.6) is 0 Å². The van der Waals surface area contributed by atoms with Crippen molar-refractivity contribution >= 4 is 27.5 Å². The Morgan fingerprint density at radius 1 is 1.44 bits per heavy atom. The fraction of sp³-hybridized carbons (Fsp3) is 0.357. The molecular weight excluding hydrogens is 292 g/mol. The van der Waals surface area contributed by atoms with Crippen molar-refractivity contribution in [3.05, 3.63) is 40.4 Å². The summed E-state index contributed by atoms with van der Waals surface area (Å²) in [4.78, 5) is 12.0. The average molecular weight is 309 g/mol. The van der Waals surface area contributed by atoms with Gasteiger partial charge in [0.25, 0.3) is 5.91 Å². The quantitative estimate of drug-likeness (QED) is 0.666. The number of nitrogens with two attached hydrogens (primary N) is 1. The molecule has 0 saturated carbocycles. The minimum absolute atomic E-state index is 0.0368. The van der Waals surface area contributed by atoms with Crippen molar-refractivity contribution < 1.29 is 4.79 Å². The lowest BCUT2D eigenvalue weighted by molar-refractivity contribution is 0.0946. The zero-order valence-electron chi connectivity index (χ0n) is 10.2. The zero-order valence-corrected chi connectivity index (χ0v) is 11.7. The first-order valence-corrected chi connectivity index (χ1v) is 6.94. The van der Waals surface area contributed by atoms with Crippen LogP contribution in [0.1, 0.15) is 29.6 Å². The largest absolute Gasteiger partial charge is 0.398 e. The van der Waals surface area contributed by atoms with Gasteiger partial charge in [0.1, 0.15) is 0 Å². The van der Waals surface area contributed by atoms with E-state index in [1.807, 2.05) is 0 Å². The molecule has 1 aromatic carbocycles. The summed E-state index contributed by atoms with van der Waals surface area (Å²) in [5.41, 5.74) is 6.98. The van der Waals surface area contributed by atoms with Gasteiger partial charge in [-0.2, -0.15) is 0 Å². The average Bonchev–Trinajstić information content (AvgIpc) is 2.40. The summed E-state index contributed by atoms with van der Waals surface area (Å²) in [6.07, 6.45) is 7.73. The Kier molecular flexibility index (Phi) is 4.42. The van der Waals surface area contributed by atoms with Crippen LogP contribution in [0.3, 0.4) is 0 Å². The highest BCUT2D eigenvalue weighted by Crippen LogP contribution is 2.21. The van der Waals surface area contributed by atoms with Gasteiger partial charge in [0.15, 0.2) is 0 Å². The van der Waals surface area contributed by atoms with Crippen LogP contribution in [-0.2, 0) is 0 Å². The van der Waals surface area contributed by atoms with E-state index in [0.29, 0.717) is 17.2 Å². The fourth-order valence-corrected chi connectivity index (χ4v) is 2.43. The topological polar surface area (TPSA) is 55.1 Å². The van der Waals surface area contributed by atoms with Gasteiger partial charge < -0.3 is 11.1 Å². The van der Waals surface area contributed by atoms with Crippen molar-refractivity contribution in [1.29, 1.82) is 0 Å². The van der Waals surface area contributed by atoms with Crippen molar-refractivity contribution in [1.82, 2.24) is 5.32 Å². The number of hydrogen-bond donors (Lipinski definition) is 2. The molecule has 0 heterocycles. The molecule has 0 aromatic heterocycles. The third-order valence-electron chi connectivity index (χ3n) is 3.19. The molecule has 1 atom stereocenters. The molecule has 1 aliphatic carbocycles. The van der Waals surface area contributed by atoms with E-state index in [2.05, 4.69) is 33.4 Å². The van der Waals surface area contributed by atoms with E-state index in [-0.39, 0.29) is 5.91 Å². The molecular formula is C14H17BrN2O. The molecule has 4 heteroatoms. The molecule has 96 valence electrons. The van der Waals surface area contributed by atoms with Crippen molar-refractivity contribution in [3.63, 3.8) is 0 Å². The van der Waals surface area contributed by atoms with Crippen LogP contribution >= 0.6 is 15.9 Å². The first-order chi connectivity index (χ1) is 8.66. The molecule has 18 heavy (non-hydrogen) atoms. The van der Waals surface area contributed by atoms with Crippen molar-refractivity contribution in [2.45, 2.75) is 19.3 Å². The molecule has 0 aliphatic heterocycles. The highest BCUT2D eigenvalue weighted by molar-refractivity contribution is 9.10. The van der Waals surface area contributed by atoms with Crippen LogP contribution in [0, 0.1) is 5.92 Å². The van der Waals surface area contributed by atoms with Gasteiger partial charge in [-0.25, -0.2) is 0 Å². The number of hydrogen-bond acceptors (Lipinski definition) is 2. The maximum Gasteiger partial charge on any atom is 0.251 e. The van der Waals surface area contributed by atoms with Crippen LogP contribution in [0.4, 0.5) is 5.69 Å². The molecule has 3 N–H and O–H groups in total. The second kappa shape index (κ2) is 6.05.